The molecule has 5 heteroatoms. The van der Waals surface area contributed by atoms with Gasteiger partial charge in [-0.3, -0.25) is 0 Å². The summed E-state index contributed by atoms with van der Waals surface area (Å²) < 4.78 is 0. The molecule has 0 aromatic heterocycles. The van der Waals surface area contributed by atoms with Crippen LogP contribution < -0.4 is 10.6 Å². The highest BCUT2D eigenvalue weighted by Crippen LogP contribution is 2.28. The van der Waals surface area contributed by atoms with Crippen molar-refractivity contribution in [3.63, 3.8) is 0 Å². The number of urea groups is 1. The molecule has 2 heterocycles. The Morgan fingerprint density at radius 1 is 1.39 bits per heavy atom. The largest absolute Gasteiger partial charge is 0.322 e. The van der Waals surface area contributed by atoms with Crippen LogP contribution in [0.1, 0.15) is 6.42 Å². The lowest BCUT2D eigenvalue weighted by Crippen LogP contribution is -2.41. The van der Waals surface area contributed by atoms with E-state index in [1.54, 1.807) is 6.07 Å². The van der Waals surface area contributed by atoms with Gasteiger partial charge in [-0.05, 0) is 24.5 Å². The number of rotatable bonds is 1. The molecule has 4 nitrogen and oxygen atoms in total. The molecule has 0 spiro atoms. The Bertz CT molecular complexity index is 465. The van der Waals surface area contributed by atoms with E-state index in [9.17, 15) is 4.79 Å². The molecule has 2 aliphatic heterocycles. The van der Waals surface area contributed by atoms with Crippen LogP contribution in [0, 0.1) is 5.92 Å². The molecule has 1 aromatic rings. The van der Waals surface area contributed by atoms with E-state index in [0.717, 1.165) is 26.1 Å². The molecule has 2 saturated heterocycles. The fourth-order valence-electron chi connectivity index (χ4n) is 2.85. The number of benzene rings is 1. The summed E-state index contributed by atoms with van der Waals surface area (Å²) >= 11 is 6.04. The number of anilines is 1. The number of para-hydroxylation sites is 1. The van der Waals surface area contributed by atoms with Crippen LogP contribution in [-0.2, 0) is 0 Å². The summed E-state index contributed by atoms with van der Waals surface area (Å²) in [6, 6.07) is 7.62. The molecule has 3 rings (SSSR count). The summed E-state index contributed by atoms with van der Waals surface area (Å²) in [6.07, 6.45) is 1.09. The molecule has 2 N–H and O–H groups in total. The van der Waals surface area contributed by atoms with Gasteiger partial charge in [-0.2, -0.15) is 0 Å². The first kappa shape index (κ1) is 11.8. The van der Waals surface area contributed by atoms with E-state index < -0.39 is 0 Å². The predicted molar refractivity (Wildman–Crippen MR) is 71.9 cm³/mol. The van der Waals surface area contributed by atoms with Crippen LogP contribution in [0.3, 0.4) is 0 Å². The van der Waals surface area contributed by atoms with Crippen LogP contribution in [0.25, 0.3) is 0 Å². The molecule has 0 aliphatic carbocycles. The summed E-state index contributed by atoms with van der Waals surface area (Å²) in [7, 11) is 0. The molecular weight excluding hydrogens is 250 g/mol. The summed E-state index contributed by atoms with van der Waals surface area (Å²) in [4.78, 5) is 14.2. The van der Waals surface area contributed by atoms with Crippen LogP contribution >= 0.6 is 11.6 Å². The number of carbonyl (C=O) groups is 1. The summed E-state index contributed by atoms with van der Waals surface area (Å²) in [5.74, 6) is 0.613. The maximum atomic E-state index is 12.2. The Hall–Kier alpha value is -1.26. The Morgan fingerprint density at radius 2 is 2.22 bits per heavy atom. The van der Waals surface area contributed by atoms with E-state index in [2.05, 4.69) is 10.6 Å². The number of amides is 2. The number of fused-ring (bicyclic) bond motifs is 1. The number of nitrogens with zero attached hydrogens (tertiary/aromatic N) is 1. The van der Waals surface area contributed by atoms with Gasteiger partial charge in [-0.15, -0.1) is 0 Å². The molecule has 2 amide bonds. The van der Waals surface area contributed by atoms with Crippen molar-refractivity contribution in [3.05, 3.63) is 29.3 Å². The van der Waals surface area contributed by atoms with E-state index in [4.69, 9.17) is 11.6 Å². The average molecular weight is 266 g/mol. The summed E-state index contributed by atoms with van der Waals surface area (Å²) in [5, 5.41) is 6.80. The third kappa shape index (κ3) is 2.06. The maximum Gasteiger partial charge on any atom is 0.322 e. The number of hydrogen-bond acceptors (Lipinski definition) is 2. The molecule has 18 heavy (non-hydrogen) atoms. The zero-order chi connectivity index (χ0) is 12.5. The highest BCUT2D eigenvalue weighted by molar-refractivity contribution is 6.33. The van der Waals surface area contributed by atoms with Crippen molar-refractivity contribution in [2.75, 3.05) is 25.0 Å². The number of hydrogen-bond donors (Lipinski definition) is 2. The van der Waals surface area contributed by atoms with Gasteiger partial charge in [-0.1, -0.05) is 23.7 Å². The van der Waals surface area contributed by atoms with Gasteiger partial charge in [0.2, 0.25) is 0 Å². The van der Waals surface area contributed by atoms with E-state index in [1.807, 2.05) is 23.1 Å². The van der Waals surface area contributed by atoms with Crippen LogP contribution in [0.5, 0.6) is 0 Å². The first-order chi connectivity index (χ1) is 8.75. The first-order valence-electron chi connectivity index (χ1n) is 6.28. The number of halogens is 1. The molecule has 0 radical (unpaired) electrons. The second kappa shape index (κ2) is 4.78. The Kier molecular flexibility index (Phi) is 3.14. The molecular formula is C13H16ClN3O. The van der Waals surface area contributed by atoms with Crippen LogP contribution in [0.15, 0.2) is 24.3 Å². The maximum absolute atomic E-state index is 12.2. The van der Waals surface area contributed by atoms with Gasteiger partial charge in [0.05, 0.1) is 10.7 Å². The Morgan fingerprint density at radius 3 is 3.06 bits per heavy atom. The predicted octanol–water partition coefficient (Wildman–Crippen LogP) is 2.17. The lowest BCUT2D eigenvalue weighted by Gasteiger charge is -2.23. The third-order valence-electron chi connectivity index (χ3n) is 3.82. The normalized spacial score (nSPS) is 26.2. The van der Waals surface area contributed by atoms with Gasteiger partial charge in [0.25, 0.3) is 0 Å². The van der Waals surface area contributed by atoms with Gasteiger partial charge < -0.3 is 15.5 Å². The van der Waals surface area contributed by atoms with Gasteiger partial charge >= 0.3 is 6.03 Å². The number of likely N-dealkylation sites (tertiary alicyclic amines) is 1. The molecule has 96 valence electrons. The molecule has 0 unspecified atom stereocenters. The van der Waals surface area contributed by atoms with Gasteiger partial charge in [0.15, 0.2) is 0 Å². The minimum Gasteiger partial charge on any atom is -0.320 e. The zero-order valence-electron chi connectivity index (χ0n) is 10.0. The fraction of sp³-hybridized carbons (Fsp3) is 0.462. The lowest BCUT2D eigenvalue weighted by atomic mass is 10.1. The molecule has 2 fully saturated rings. The van der Waals surface area contributed by atoms with Gasteiger partial charge in [0.1, 0.15) is 0 Å². The molecule has 2 aliphatic rings. The zero-order valence-corrected chi connectivity index (χ0v) is 10.8. The second-order valence-corrected chi connectivity index (χ2v) is 5.28. The quantitative estimate of drug-likeness (QED) is 0.817. The van der Waals surface area contributed by atoms with Gasteiger partial charge in [0, 0.05) is 25.7 Å². The fourth-order valence-corrected chi connectivity index (χ4v) is 3.03. The summed E-state index contributed by atoms with van der Waals surface area (Å²) in [6.45, 7) is 2.77. The van der Waals surface area contributed by atoms with Crippen LogP contribution in [0.4, 0.5) is 10.5 Å². The van der Waals surface area contributed by atoms with Crippen LogP contribution in [0.2, 0.25) is 5.02 Å². The molecule has 0 saturated carbocycles. The van der Waals surface area contributed by atoms with E-state index in [-0.39, 0.29) is 6.03 Å². The first-order valence-corrected chi connectivity index (χ1v) is 6.66. The van der Waals surface area contributed by atoms with Crippen molar-refractivity contribution < 1.29 is 4.79 Å². The highest BCUT2D eigenvalue weighted by atomic mass is 35.5. The SMILES string of the molecule is O=C(Nc1ccccc1Cl)N1CC[C@@H]2CNC[C@@H]21. The smallest absolute Gasteiger partial charge is 0.320 e. The third-order valence-corrected chi connectivity index (χ3v) is 4.15. The minimum atomic E-state index is -0.0423. The van der Waals surface area contributed by atoms with E-state index in [0.29, 0.717) is 22.7 Å². The second-order valence-electron chi connectivity index (χ2n) is 4.88. The Labute approximate surface area is 111 Å². The molecule has 2 atom stereocenters. The van der Waals surface area contributed by atoms with E-state index >= 15 is 0 Å². The monoisotopic (exact) mass is 265 g/mol. The lowest BCUT2D eigenvalue weighted by molar-refractivity contribution is 0.206. The van der Waals surface area contributed by atoms with Crippen molar-refractivity contribution in [3.8, 4) is 0 Å². The van der Waals surface area contributed by atoms with Crippen molar-refractivity contribution >= 4 is 23.3 Å². The minimum absolute atomic E-state index is 0.0423. The van der Waals surface area contributed by atoms with Gasteiger partial charge in [-0.25, -0.2) is 4.79 Å². The standard InChI is InChI=1S/C13H16ClN3O/c14-10-3-1-2-4-11(10)16-13(18)17-6-5-9-7-15-8-12(9)17/h1-4,9,12,15H,5-8H2,(H,16,18)/t9-,12+/m1/s1. The number of nitrogens with one attached hydrogen (secondary N) is 2. The van der Waals surface area contributed by atoms with Crippen molar-refractivity contribution in [1.29, 1.82) is 0 Å². The van der Waals surface area contributed by atoms with Crippen molar-refractivity contribution in [1.82, 2.24) is 10.2 Å². The van der Waals surface area contributed by atoms with Crippen molar-refractivity contribution in [2.24, 2.45) is 5.92 Å². The topological polar surface area (TPSA) is 44.4 Å². The Balaban J connectivity index is 1.70. The van der Waals surface area contributed by atoms with Crippen LogP contribution in [-0.4, -0.2) is 36.6 Å². The van der Waals surface area contributed by atoms with E-state index in [1.165, 1.54) is 0 Å². The average Bonchev–Trinajstić information content (AvgIpc) is 2.93. The van der Waals surface area contributed by atoms with Crippen molar-refractivity contribution in [2.45, 2.75) is 12.5 Å². The summed E-state index contributed by atoms with van der Waals surface area (Å²) in [5.41, 5.74) is 0.679. The number of carbonyl (C=O) groups excluding carboxylic acids is 1. The highest BCUT2D eigenvalue weighted by Gasteiger charge is 2.39. The molecule has 0 bridgehead atoms. The molecule has 1 aromatic carbocycles.